The molecule has 0 saturated heterocycles. The number of rotatable bonds is 6. The maximum atomic E-state index is 9.31. The van der Waals surface area contributed by atoms with Crippen molar-refractivity contribution in [3.63, 3.8) is 0 Å². The van der Waals surface area contributed by atoms with Gasteiger partial charge in [-0.2, -0.15) is 5.10 Å². The fraction of sp³-hybridized carbons (Fsp3) is 0.769. The van der Waals surface area contributed by atoms with Crippen molar-refractivity contribution in [2.45, 2.75) is 46.7 Å². The zero-order valence-electron chi connectivity index (χ0n) is 11.6. The Labute approximate surface area is 104 Å². The Kier molecular flexibility index (Phi) is 5.15. The van der Waals surface area contributed by atoms with E-state index in [0.29, 0.717) is 5.92 Å². The van der Waals surface area contributed by atoms with E-state index in [0.717, 1.165) is 18.7 Å². The summed E-state index contributed by atoms with van der Waals surface area (Å²) in [6, 6.07) is 0.175. The lowest BCUT2D eigenvalue weighted by molar-refractivity contribution is 0.223. The van der Waals surface area contributed by atoms with Crippen LogP contribution in [0.5, 0.6) is 0 Å². The second kappa shape index (κ2) is 6.17. The summed E-state index contributed by atoms with van der Waals surface area (Å²) in [6.45, 7) is 9.42. The van der Waals surface area contributed by atoms with Crippen molar-refractivity contribution in [3.05, 3.63) is 17.0 Å². The number of aromatic nitrogens is 2. The molecule has 98 valence electrons. The van der Waals surface area contributed by atoms with Crippen LogP contribution in [0.4, 0.5) is 0 Å². The van der Waals surface area contributed by atoms with E-state index in [4.69, 9.17) is 0 Å². The van der Waals surface area contributed by atoms with Crippen LogP contribution in [0.2, 0.25) is 0 Å². The highest BCUT2D eigenvalue weighted by Crippen LogP contribution is 2.12. The van der Waals surface area contributed by atoms with Gasteiger partial charge in [-0.25, -0.2) is 0 Å². The molecule has 1 heterocycles. The summed E-state index contributed by atoms with van der Waals surface area (Å²) in [5.41, 5.74) is 3.50. The molecule has 4 nitrogen and oxygen atoms in total. The number of hydrogen-bond acceptors (Lipinski definition) is 3. The number of nitrogens with one attached hydrogen (secondary N) is 1. The van der Waals surface area contributed by atoms with Gasteiger partial charge in [0.05, 0.1) is 12.3 Å². The van der Waals surface area contributed by atoms with E-state index >= 15 is 0 Å². The summed E-state index contributed by atoms with van der Waals surface area (Å²) in [5, 5.41) is 17.1. The molecule has 1 atom stereocenters. The minimum atomic E-state index is 0.175. The fourth-order valence-corrected chi connectivity index (χ4v) is 2.11. The number of aryl methyl sites for hydroxylation is 2. The first-order chi connectivity index (χ1) is 7.95. The average molecular weight is 239 g/mol. The fourth-order valence-electron chi connectivity index (χ4n) is 2.11. The van der Waals surface area contributed by atoms with Crippen molar-refractivity contribution in [2.24, 2.45) is 13.0 Å². The number of nitrogens with zero attached hydrogens (tertiary/aromatic N) is 2. The molecule has 0 aromatic carbocycles. The Bertz CT molecular complexity index is 358. The highest BCUT2D eigenvalue weighted by Gasteiger charge is 2.13. The smallest absolute Gasteiger partial charge is 0.0641 e. The number of hydrogen-bond donors (Lipinski definition) is 2. The van der Waals surface area contributed by atoms with Gasteiger partial charge in [-0.1, -0.05) is 13.8 Å². The Hall–Kier alpha value is -0.870. The van der Waals surface area contributed by atoms with Crippen molar-refractivity contribution in [2.75, 3.05) is 6.61 Å². The molecule has 0 saturated carbocycles. The molecule has 0 aliphatic heterocycles. The summed E-state index contributed by atoms with van der Waals surface area (Å²) in [5.74, 6) is 0.593. The lowest BCUT2D eigenvalue weighted by atomic mass is 10.0. The van der Waals surface area contributed by atoms with Crippen LogP contribution < -0.4 is 5.32 Å². The highest BCUT2D eigenvalue weighted by molar-refractivity contribution is 5.24. The molecule has 0 aliphatic carbocycles. The lowest BCUT2D eigenvalue weighted by Crippen LogP contribution is -2.33. The van der Waals surface area contributed by atoms with Gasteiger partial charge in [0, 0.05) is 30.9 Å². The monoisotopic (exact) mass is 239 g/mol. The molecule has 4 heteroatoms. The van der Waals surface area contributed by atoms with Crippen LogP contribution in [0.15, 0.2) is 0 Å². The van der Waals surface area contributed by atoms with Crippen LogP contribution in [-0.4, -0.2) is 27.5 Å². The molecule has 0 radical (unpaired) electrons. The van der Waals surface area contributed by atoms with E-state index in [1.807, 2.05) is 18.7 Å². The van der Waals surface area contributed by atoms with Crippen LogP contribution in [-0.2, 0) is 13.6 Å². The van der Waals surface area contributed by atoms with Crippen molar-refractivity contribution in [3.8, 4) is 0 Å². The van der Waals surface area contributed by atoms with Gasteiger partial charge in [-0.3, -0.25) is 4.68 Å². The molecule has 17 heavy (non-hydrogen) atoms. The third kappa shape index (κ3) is 3.82. The van der Waals surface area contributed by atoms with Crippen molar-refractivity contribution in [1.82, 2.24) is 15.1 Å². The molecule has 2 N–H and O–H groups in total. The molecule has 0 spiro atoms. The van der Waals surface area contributed by atoms with Crippen molar-refractivity contribution >= 4 is 0 Å². The third-order valence-electron chi connectivity index (χ3n) is 3.20. The first-order valence-corrected chi connectivity index (χ1v) is 6.29. The predicted octanol–water partition coefficient (Wildman–Crippen LogP) is 1.53. The minimum Gasteiger partial charge on any atom is -0.395 e. The van der Waals surface area contributed by atoms with Gasteiger partial charge in [0.2, 0.25) is 0 Å². The van der Waals surface area contributed by atoms with E-state index in [2.05, 4.69) is 31.2 Å². The molecule has 1 aromatic heterocycles. The van der Waals surface area contributed by atoms with Crippen molar-refractivity contribution in [1.29, 1.82) is 0 Å². The molecular weight excluding hydrogens is 214 g/mol. The molecular formula is C13H25N3O. The first kappa shape index (κ1) is 14.2. The third-order valence-corrected chi connectivity index (χ3v) is 3.20. The van der Waals surface area contributed by atoms with E-state index in [1.54, 1.807) is 0 Å². The predicted molar refractivity (Wildman–Crippen MR) is 69.9 cm³/mol. The van der Waals surface area contributed by atoms with Crippen LogP contribution >= 0.6 is 0 Å². The van der Waals surface area contributed by atoms with Gasteiger partial charge in [0.15, 0.2) is 0 Å². The Morgan fingerprint density at radius 1 is 1.35 bits per heavy atom. The Morgan fingerprint density at radius 2 is 2.00 bits per heavy atom. The van der Waals surface area contributed by atoms with Gasteiger partial charge in [0.1, 0.15) is 0 Å². The minimum absolute atomic E-state index is 0.175. The normalized spacial score (nSPS) is 13.4. The summed E-state index contributed by atoms with van der Waals surface area (Å²) in [4.78, 5) is 0. The maximum absolute atomic E-state index is 9.31. The zero-order valence-corrected chi connectivity index (χ0v) is 11.6. The zero-order chi connectivity index (χ0) is 13.0. The van der Waals surface area contributed by atoms with Gasteiger partial charge < -0.3 is 10.4 Å². The van der Waals surface area contributed by atoms with Gasteiger partial charge in [-0.05, 0) is 26.2 Å². The second-order valence-corrected chi connectivity index (χ2v) is 5.16. The number of aliphatic hydroxyl groups is 1. The molecule has 1 rings (SSSR count). The van der Waals surface area contributed by atoms with Crippen molar-refractivity contribution < 1.29 is 5.11 Å². The molecule has 1 aromatic rings. The topological polar surface area (TPSA) is 50.1 Å². The summed E-state index contributed by atoms with van der Waals surface area (Å²) < 4.78 is 1.91. The van der Waals surface area contributed by atoms with Crippen LogP contribution in [0.25, 0.3) is 0 Å². The summed E-state index contributed by atoms with van der Waals surface area (Å²) in [7, 11) is 1.96. The van der Waals surface area contributed by atoms with Gasteiger partial charge in [-0.15, -0.1) is 0 Å². The Balaban J connectivity index is 2.59. The molecule has 0 amide bonds. The van der Waals surface area contributed by atoms with Crippen LogP contribution in [0, 0.1) is 19.8 Å². The Morgan fingerprint density at radius 3 is 2.41 bits per heavy atom. The average Bonchev–Trinajstić information content (AvgIpc) is 2.49. The molecule has 0 bridgehead atoms. The van der Waals surface area contributed by atoms with Gasteiger partial charge >= 0.3 is 0 Å². The van der Waals surface area contributed by atoms with E-state index in [1.165, 1.54) is 11.3 Å². The van der Waals surface area contributed by atoms with E-state index < -0.39 is 0 Å². The summed E-state index contributed by atoms with van der Waals surface area (Å²) >= 11 is 0. The largest absolute Gasteiger partial charge is 0.395 e. The summed E-state index contributed by atoms with van der Waals surface area (Å²) in [6.07, 6.45) is 0.995. The lowest BCUT2D eigenvalue weighted by Gasteiger charge is -2.18. The van der Waals surface area contributed by atoms with Crippen LogP contribution in [0.1, 0.15) is 37.2 Å². The number of aliphatic hydroxyl groups excluding tert-OH is 1. The SMILES string of the molecule is Cc1nn(C)c(C)c1CNC(CO)CC(C)C. The van der Waals surface area contributed by atoms with E-state index in [-0.39, 0.29) is 12.6 Å². The second-order valence-electron chi connectivity index (χ2n) is 5.16. The first-order valence-electron chi connectivity index (χ1n) is 6.29. The van der Waals surface area contributed by atoms with E-state index in [9.17, 15) is 5.11 Å². The molecule has 1 unspecified atom stereocenters. The van der Waals surface area contributed by atoms with Crippen LogP contribution in [0.3, 0.4) is 0 Å². The molecule has 0 aliphatic rings. The molecule has 0 fully saturated rings. The highest BCUT2D eigenvalue weighted by atomic mass is 16.3. The maximum Gasteiger partial charge on any atom is 0.0641 e. The standard InChI is InChI=1S/C13H25N3O/c1-9(2)6-12(8-17)14-7-13-10(3)15-16(5)11(13)4/h9,12,14,17H,6-8H2,1-5H3. The van der Waals surface area contributed by atoms with Gasteiger partial charge in [0.25, 0.3) is 0 Å². The quantitative estimate of drug-likeness (QED) is 0.791.